The van der Waals surface area contributed by atoms with E-state index in [1.54, 1.807) is 17.9 Å². The number of rotatable bonds is 2. The van der Waals surface area contributed by atoms with Gasteiger partial charge in [-0.3, -0.25) is 4.79 Å². The predicted molar refractivity (Wildman–Crippen MR) is 59.8 cm³/mol. The van der Waals surface area contributed by atoms with Crippen LogP contribution in [0.4, 0.5) is 0 Å². The van der Waals surface area contributed by atoms with Gasteiger partial charge in [0.25, 0.3) is 5.91 Å². The van der Waals surface area contributed by atoms with Gasteiger partial charge in [0.2, 0.25) is 0 Å². The molecule has 0 saturated carbocycles. The highest BCUT2D eigenvalue weighted by molar-refractivity contribution is 6.18. The predicted octanol–water partition coefficient (Wildman–Crippen LogP) is 1.67. The number of nitrogens with zero attached hydrogens (tertiary/aromatic N) is 1. The molecule has 1 aromatic rings. The molecule has 4 nitrogen and oxygen atoms in total. The number of furan rings is 1. The molecule has 1 atom stereocenters. The summed E-state index contributed by atoms with van der Waals surface area (Å²) >= 11 is 5.73. The molecule has 88 valence electrons. The lowest BCUT2D eigenvalue weighted by atomic mass is 10.2. The van der Waals surface area contributed by atoms with Crippen LogP contribution in [0.3, 0.4) is 0 Å². The van der Waals surface area contributed by atoms with Gasteiger partial charge in [0.05, 0.1) is 30.4 Å². The molecule has 0 spiro atoms. The third-order valence-corrected chi connectivity index (χ3v) is 3.03. The van der Waals surface area contributed by atoms with Crippen molar-refractivity contribution in [1.82, 2.24) is 4.90 Å². The summed E-state index contributed by atoms with van der Waals surface area (Å²) in [6.07, 6.45) is 1.47. The summed E-state index contributed by atoms with van der Waals surface area (Å²) in [5, 5.41) is 0. The standard InChI is InChI=1S/C11H14ClNO3/c1-8-10(2-4-15-8)11(14)13-3-5-16-9(6-12)7-13/h2,4,9H,3,5-7H2,1H3. The van der Waals surface area contributed by atoms with Crippen molar-refractivity contribution in [1.29, 1.82) is 0 Å². The van der Waals surface area contributed by atoms with Gasteiger partial charge in [0.1, 0.15) is 5.76 Å². The Morgan fingerprint density at radius 3 is 3.12 bits per heavy atom. The Bertz CT molecular complexity index is 377. The number of carbonyl (C=O) groups is 1. The van der Waals surface area contributed by atoms with E-state index in [1.807, 2.05) is 0 Å². The first kappa shape index (κ1) is 11.5. The average molecular weight is 244 g/mol. The molecule has 0 aromatic carbocycles. The number of alkyl halides is 1. The fourth-order valence-corrected chi connectivity index (χ4v) is 1.96. The van der Waals surface area contributed by atoms with Crippen molar-refractivity contribution >= 4 is 17.5 Å². The second kappa shape index (κ2) is 4.89. The van der Waals surface area contributed by atoms with Crippen molar-refractivity contribution in [3.05, 3.63) is 23.7 Å². The van der Waals surface area contributed by atoms with E-state index in [2.05, 4.69) is 0 Å². The number of ether oxygens (including phenoxy) is 1. The van der Waals surface area contributed by atoms with Gasteiger partial charge in [-0.25, -0.2) is 0 Å². The summed E-state index contributed by atoms with van der Waals surface area (Å²) in [7, 11) is 0. The van der Waals surface area contributed by atoms with E-state index in [1.165, 1.54) is 6.26 Å². The summed E-state index contributed by atoms with van der Waals surface area (Å²) in [6.45, 7) is 3.48. The van der Waals surface area contributed by atoms with Gasteiger partial charge in [-0.1, -0.05) is 0 Å². The van der Waals surface area contributed by atoms with E-state index in [9.17, 15) is 4.79 Å². The first-order valence-electron chi connectivity index (χ1n) is 5.23. The first-order chi connectivity index (χ1) is 7.72. The Labute approximate surface area is 99.1 Å². The molecule has 0 radical (unpaired) electrons. The van der Waals surface area contributed by atoms with Crippen molar-refractivity contribution in [2.75, 3.05) is 25.6 Å². The van der Waals surface area contributed by atoms with Crippen LogP contribution in [0.1, 0.15) is 16.1 Å². The second-order valence-electron chi connectivity index (χ2n) is 3.79. The highest BCUT2D eigenvalue weighted by Crippen LogP contribution is 2.15. The molecule has 0 N–H and O–H groups in total. The van der Waals surface area contributed by atoms with E-state index in [-0.39, 0.29) is 12.0 Å². The normalized spacial score (nSPS) is 21.1. The topological polar surface area (TPSA) is 42.7 Å². The molecule has 1 aromatic heterocycles. The monoisotopic (exact) mass is 243 g/mol. The zero-order valence-corrected chi connectivity index (χ0v) is 9.87. The van der Waals surface area contributed by atoms with Crippen LogP contribution in [0.2, 0.25) is 0 Å². The summed E-state index contributed by atoms with van der Waals surface area (Å²) in [5.41, 5.74) is 0.621. The number of hydrogen-bond donors (Lipinski definition) is 0. The van der Waals surface area contributed by atoms with Gasteiger partial charge in [-0.05, 0) is 13.0 Å². The third kappa shape index (κ3) is 2.23. The summed E-state index contributed by atoms with van der Waals surface area (Å²) < 4.78 is 10.5. The van der Waals surface area contributed by atoms with Crippen molar-refractivity contribution in [2.45, 2.75) is 13.0 Å². The summed E-state index contributed by atoms with van der Waals surface area (Å²) in [5.74, 6) is 1.05. The van der Waals surface area contributed by atoms with E-state index in [4.69, 9.17) is 20.8 Å². The molecule has 5 heteroatoms. The van der Waals surface area contributed by atoms with Gasteiger partial charge < -0.3 is 14.1 Å². The van der Waals surface area contributed by atoms with Crippen LogP contribution in [0.25, 0.3) is 0 Å². The maximum atomic E-state index is 12.1. The highest BCUT2D eigenvalue weighted by Gasteiger charge is 2.25. The molecule has 1 unspecified atom stereocenters. The van der Waals surface area contributed by atoms with E-state index >= 15 is 0 Å². The number of hydrogen-bond acceptors (Lipinski definition) is 3. The van der Waals surface area contributed by atoms with Crippen LogP contribution in [-0.4, -0.2) is 42.5 Å². The minimum atomic E-state index is -0.0634. The van der Waals surface area contributed by atoms with Crippen LogP contribution in [-0.2, 0) is 4.74 Å². The largest absolute Gasteiger partial charge is 0.469 e. The lowest BCUT2D eigenvalue weighted by molar-refractivity contribution is -0.0108. The third-order valence-electron chi connectivity index (χ3n) is 2.69. The Kier molecular flexibility index (Phi) is 3.51. The molecule has 0 aliphatic carbocycles. The smallest absolute Gasteiger partial charge is 0.257 e. The Morgan fingerprint density at radius 1 is 1.69 bits per heavy atom. The van der Waals surface area contributed by atoms with E-state index < -0.39 is 0 Å². The Hall–Kier alpha value is -1.00. The molecule has 1 saturated heterocycles. The lowest BCUT2D eigenvalue weighted by Gasteiger charge is -2.31. The van der Waals surface area contributed by atoms with Gasteiger partial charge >= 0.3 is 0 Å². The van der Waals surface area contributed by atoms with Crippen molar-refractivity contribution < 1.29 is 13.9 Å². The molecule has 1 aliphatic rings. The quantitative estimate of drug-likeness (QED) is 0.742. The molecular weight excluding hydrogens is 230 g/mol. The number of carbonyl (C=O) groups excluding carboxylic acids is 1. The Morgan fingerprint density at radius 2 is 2.50 bits per heavy atom. The minimum Gasteiger partial charge on any atom is -0.469 e. The fraction of sp³-hybridized carbons (Fsp3) is 0.545. The van der Waals surface area contributed by atoms with Crippen molar-refractivity contribution in [2.24, 2.45) is 0 Å². The zero-order valence-electron chi connectivity index (χ0n) is 9.11. The van der Waals surface area contributed by atoms with Crippen LogP contribution < -0.4 is 0 Å². The van der Waals surface area contributed by atoms with Gasteiger partial charge in [-0.15, -0.1) is 11.6 Å². The molecule has 1 aliphatic heterocycles. The van der Waals surface area contributed by atoms with E-state index in [0.29, 0.717) is 36.9 Å². The lowest BCUT2D eigenvalue weighted by Crippen LogP contribution is -2.46. The summed E-state index contributed by atoms with van der Waals surface area (Å²) in [6, 6.07) is 1.70. The van der Waals surface area contributed by atoms with Gasteiger partial charge in [0, 0.05) is 13.1 Å². The van der Waals surface area contributed by atoms with Crippen LogP contribution in [0.15, 0.2) is 16.7 Å². The maximum absolute atomic E-state index is 12.1. The Balaban J connectivity index is 2.07. The van der Waals surface area contributed by atoms with Crippen molar-refractivity contribution in [3.63, 3.8) is 0 Å². The van der Waals surface area contributed by atoms with Crippen LogP contribution in [0.5, 0.6) is 0 Å². The number of amides is 1. The maximum Gasteiger partial charge on any atom is 0.257 e. The van der Waals surface area contributed by atoms with Gasteiger partial charge in [0.15, 0.2) is 0 Å². The minimum absolute atomic E-state index is 0.00957. The second-order valence-corrected chi connectivity index (χ2v) is 4.10. The van der Waals surface area contributed by atoms with Crippen LogP contribution >= 0.6 is 11.6 Å². The van der Waals surface area contributed by atoms with Crippen LogP contribution in [0, 0.1) is 6.92 Å². The molecule has 0 bridgehead atoms. The van der Waals surface area contributed by atoms with Gasteiger partial charge in [-0.2, -0.15) is 0 Å². The number of morpholine rings is 1. The average Bonchev–Trinajstić information content (AvgIpc) is 2.74. The van der Waals surface area contributed by atoms with Crippen molar-refractivity contribution in [3.8, 4) is 0 Å². The first-order valence-corrected chi connectivity index (χ1v) is 5.76. The summed E-state index contributed by atoms with van der Waals surface area (Å²) in [4.78, 5) is 13.9. The number of aryl methyl sites for hydroxylation is 1. The molecule has 1 fully saturated rings. The zero-order chi connectivity index (χ0) is 11.5. The molecule has 2 heterocycles. The van der Waals surface area contributed by atoms with E-state index in [0.717, 1.165) is 0 Å². The molecule has 1 amide bonds. The molecule has 2 rings (SSSR count). The SMILES string of the molecule is Cc1occc1C(=O)N1CCOC(CCl)C1. The molecular formula is C11H14ClNO3. The number of halogens is 1. The fourth-order valence-electron chi connectivity index (χ4n) is 1.77. The highest BCUT2D eigenvalue weighted by atomic mass is 35.5. The molecule has 16 heavy (non-hydrogen) atoms.